The zero-order chi connectivity index (χ0) is 24.6. The third-order valence-corrected chi connectivity index (χ3v) is 8.47. The summed E-state index contributed by atoms with van der Waals surface area (Å²) in [4.78, 5) is 12.7. The zero-order valence-electron chi connectivity index (χ0n) is 19.3. The smallest absolute Gasteiger partial charge is 0.262 e. The van der Waals surface area contributed by atoms with Crippen molar-refractivity contribution in [3.8, 4) is 5.75 Å². The molecule has 1 aromatic heterocycles. The van der Waals surface area contributed by atoms with Gasteiger partial charge in [0, 0.05) is 52.2 Å². The number of ether oxygens (including phenoxy) is 1. The van der Waals surface area contributed by atoms with Crippen molar-refractivity contribution in [2.75, 3.05) is 25.0 Å². The van der Waals surface area contributed by atoms with E-state index < -0.39 is 10.0 Å². The summed E-state index contributed by atoms with van der Waals surface area (Å²) in [6.45, 7) is 3.54. The molecule has 4 aromatic rings. The monoisotopic (exact) mass is 511 g/mol. The van der Waals surface area contributed by atoms with E-state index in [1.165, 1.54) is 16.4 Å². The van der Waals surface area contributed by atoms with Crippen molar-refractivity contribution < 1.29 is 17.9 Å². The quantitative estimate of drug-likeness (QED) is 0.366. The number of para-hydroxylation sites is 1. The third-order valence-electron chi connectivity index (χ3n) is 6.32. The molecule has 1 fully saturated rings. The van der Waals surface area contributed by atoms with Gasteiger partial charge in [-0.25, -0.2) is 8.42 Å². The summed E-state index contributed by atoms with van der Waals surface area (Å²) in [6.07, 6.45) is 1.64. The minimum absolute atomic E-state index is 0.0199. The molecule has 7 nitrogen and oxygen atoms in total. The van der Waals surface area contributed by atoms with Gasteiger partial charge < -0.3 is 14.6 Å². The van der Waals surface area contributed by atoms with Crippen LogP contribution in [0, 0.1) is 0 Å². The van der Waals surface area contributed by atoms with Crippen LogP contribution in [0.15, 0.2) is 65.6 Å². The van der Waals surface area contributed by atoms with Gasteiger partial charge in [0.15, 0.2) is 6.61 Å². The summed E-state index contributed by atoms with van der Waals surface area (Å²) in [6, 6.07) is 18.4. The maximum atomic E-state index is 13.1. The number of aryl methyl sites for hydroxylation is 1. The number of aromatic nitrogens is 1. The molecule has 0 atom stereocenters. The lowest BCUT2D eigenvalue weighted by Gasteiger charge is -2.18. The van der Waals surface area contributed by atoms with Crippen LogP contribution in [0.3, 0.4) is 0 Å². The molecule has 5 rings (SSSR count). The molecule has 3 aromatic carbocycles. The Balaban J connectivity index is 1.35. The molecule has 1 saturated heterocycles. The average Bonchev–Trinajstić information content (AvgIpc) is 3.50. The number of benzene rings is 3. The first-order valence-electron chi connectivity index (χ1n) is 11.6. The highest BCUT2D eigenvalue weighted by atomic mass is 35.5. The van der Waals surface area contributed by atoms with Crippen LogP contribution >= 0.6 is 11.6 Å². The van der Waals surface area contributed by atoms with Crippen LogP contribution < -0.4 is 10.1 Å². The van der Waals surface area contributed by atoms with Crippen LogP contribution in [0.4, 0.5) is 5.69 Å². The van der Waals surface area contributed by atoms with E-state index in [9.17, 15) is 13.2 Å². The van der Waals surface area contributed by atoms with E-state index in [-0.39, 0.29) is 23.2 Å². The predicted octanol–water partition coefficient (Wildman–Crippen LogP) is 5.27. The Bertz CT molecular complexity index is 1520. The molecule has 0 aliphatic carbocycles. The van der Waals surface area contributed by atoms with Gasteiger partial charge in [-0.05, 0) is 62.2 Å². The van der Waals surface area contributed by atoms with Crippen LogP contribution in [0.2, 0.25) is 5.02 Å². The predicted molar refractivity (Wildman–Crippen MR) is 139 cm³/mol. The van der Waals surface area contributed by atoms with E-state index in [1.807, 2.05) is 30.3 Å². The molecule has 35 heavy (non-hydrogen) atoms. The number of anilines is 1. The van der Waals surface area contributed by atoms with Crippen molar-refractivity contribution in [3.63, 3.8) is 0 Å². The van der Waals surface area contributed by atoms with Gasteiger partial charge in [-0.2, -0.15) is 4.31 Å². The van der Waals surface area contributed by atoms with E-state index >= 15 is 0 Å². The zero-order valence-corrected chi connectivity index (χ0v) is 20.9. The number of nitrogens with zero attached hydrogens (tertiary/aromatic N) is 2. The Hall–Kier alpha value is -3.07. The van der Waals surface area contributed by atoms with Gasteiger partial charge in [-0.3, -0.25) is 4.79 Å². The molecule has 9 heteroatoms. The van der Waals surface area contributed by atoms with Gasteiger partial charge in [-0.1, -0.05) is 29.8 Å². The Morgan fingerprint density at radius 2 is 1.74 bits per heavy atom. The van der Waals surface area contributed by atoms with Crippen LogP contribution in [0.25, 0.3) is 21.8 Å². The van der Waals surface area contributed by atoms with Crippen molar-refractivity contribution in [2.24, 2.45) is 0 Å². The maximum absolute atomic E-state index is 13.1. The van der Waals surface area contributed by atoms with Gasteiger partial charge in [-0.15, -0.1) is 0 Å². The molecule has 0 bridgehead atoms. The largest absolute Gasteiger partial charge is 0.482 e. The average molecular weight is 512 g/mol. The second-order valence-corrected chi connectivity index (χ2v) is 10.9. The first-order chi connectivity index (χ1) is 16.9. The number of amides is 1. The second kappa shape index (κ2) is 9.53. The summed E-state index contributed by atoms with van der Waals surface area (Å²) in [7, 11) is -3.75. The molecule has 0 unspecified atom stereocenters. The van der Waals surface area contributed by atoms with Crippen LogP contribution in [0.5, 0.6) is 5.75 Å². The molecule has 0 spiro atoms. The Labute approximate surface area is 209 Å². The van der Waals surface area contributed by atoms with Crippen LogP contribution in [-0.2, 0) is 21.4 Å². The number of fused-ring (bicyclic) bond motifs is 3. The normalized spacial score (nSPS) is 14.6. The SMILES string of the molecule is CCn1c2ccccc2c2cc(NC(=O)COc3ccc(Cl)cc3S(=O)(=O)N3CCCC3)ccc21. The fraction of sp³-hybridized carbons (Fsp3) is 0.269. The lowest BCUT2D eigenvalue weighted by molar-refractivity contribution is -0.118. The topological polar surface area (TPSA) is 80.6 Å². The van der Waals surface area contributed by atoms with Crippen molar-refractivity contribution in [3.05, 3.63) is 65.7 Å². The second-order valence-electron chi connectivity index (χ2n) is 8.53. The Morgan fingerprint density at radius 1 is 1.00 bits per heavy atom. The highest BCUT2D eigenvalue weighted by molar-refractivity contribution is 7.89. The van der Waals surface area contributed by atoms with E-state index in [1.54, 1.807) is 6.07 Å². The lowest BCUT2D eigenvalue weighted by Crippen LogP contribution is -2.28. The van der Waals surface area contributed by atoms with E-state index in [0.29, 0.717) is 23.8 Å². The molecular weight excluding hydrogens is 486 g/mol. The van der Waals surface area contributed by atoms with E-state index in [2.05, 4.69) is 28.9 Å². The van der Waals surface area contributed by atoms with Gasteiger partial charge >= 0.3 is 0 Å². The third kappa shape index (κ3) is 4.49. The van der Waals surface area contributed by atoms with E-state index in [4.69, 9.17) is 16.3 Å². The van der Waals surface area contributed by atoms with Gasteiger partial charge in [0.2, 0.25) is 10.0 Å². The highest BCUT2D eigenvalue weighted by Crippen LogP contribution is 2.32. The van der Waals surface area contributed by atoms with Crippen LogP contribution in [-0.4, -0.2) is 42.9 Å². The van der Waals surface area contributed by atoms with Crippen molar-refractivity contribution in [1.29, 1.82) is 0 Å². The number of hydrogen-bond donors (Lipinski definition) is 1. The number of hydrogen-bond acceptors (Lipinski definition) is 4. The Kier molecular flexibility index (Phi) is 6.44. The summed E-state index contributed by atoms with van der Waals surface area (Å²) in [5.74, 6) is -0.277. The summed E-state index contributed by atoms with van der Waals surface area (Å²) in [5.41, 5.74) is 2.89. The molecule has 0 radical (unpaired) electrons. The molecule has 182 valence electrons. The van der Waals surface area contributed by atoms with Crippen molar-refractivity contribution in [2.45, 2.75) is 31.2 Å². The standard InChI is InChI=1S/C26H26ClN3O4S/c1-2-30-22-8-4-3-7-20(22)21-16-19(10-11-23(21)30)28-26(31)17-34-24-12-9-18(27)15-25(24)35(32,33)29-13-5-6-14-29/h3-4,7-12,15-16H,2,5-6,13-14,17H2,1H3,(H,28,31). The number of carbonyl (C=O) groups is 1. The molecule has 1 aliphatic rings. The van der Waals surface area contributed by atoms with Crippen molar-refractivity contribution in [1.82, 2.24) is 8.87 Å². The molecule has 1 N–H and O–H groups in total. The molecule has 1 aliphatic heterocycles. The summed E-state index contributed by atoms with van der Waals surface area (Å²) < 4.78 is 35.5. The first-order valence-corrected chi connectivity index (χ1v) is 13.4. The van der Waals surface area contributed by atoms with Gasteiger partial charge in [0.05, 0.1) is 0 Å². The number of nitrogens with one attached hydrogen (secondary N) is 1. The fourth-order valence-corrected chi connectivity index (χ4v) is 6.59. The number of rotatable bonds is 7. The highest BCUT2D eigenvalue weighted by Gasteiger charge is 2.30. The van der Waals surface area contributed by atoms with Crippen molar-refractivity contribution >= 4 is 55.0 Å². The number of halogens is 1. The first kappa shape index (κ1) is 23.7. The number of sulfonamides is 1. The minimum atomic E-state index is -3.75. The van der Waals surface area contributed by atoms with Gasteiger partial charge in [0.25, 0.3) is 5.91 Å². The number of carbonyl (C=O) groups excluding carboxylic acids is 1. The summed E-state index contributed by atoms with van der Waals surface area (Å²) in [5, 5.41) is 5.33. The molecular formula is C26H26ClN3O4S. The summed E-state index contributed by atoms with van der Waals surface area (Å²) >= 11 is 6.08. The Morgan fingerprint density at radius 3 is 2.51 bits per heavy atom. The van der Waals surface area contributed by atoms with Gasteiger partial charge in [0.1, 0.15) is 10.6 Å². The lowest BCUT2D eigenvalue weighted by atomic mass is 10.1. The minimum Gasteiger partial charge on any atom is -0.482 e. The molecule has 1 amide bonds. The fourth-order valence-electron chi connectivity index (χ4n) is 4.68. The van der Waals surface area contributed by atoms with E-state index in [0.717, 1.165) is 41.2 Å². The molecule has 2 heterocycles. The van der Waals surface area contributed by atoms with Crippen LogP contribution in [0.1, 0.15) is 19.8 Å². The molecule has 0 saturated carbocycles. The maximum Gasteiger partial charge on any atom is 0.262 e.